The average Bonchev–Trinajstić information content (AvgIpc) is 2.46. The Balaban J connectivity index is 3.54. The standard InChI is InChI=1S/C19H41NO3S/c1-4-5-6-7-8-9-10-11-12-13-14-15-16-19(17-20(2)3)18-24(21,22)23/h19H,4-18H2,1-3H3,(H,21,22,23). The topological polar surface area (TPSA) is 57.6 Å². The number of rotatable bonds is 17. The normalized spacial score (nSPS) is 13.5. The maximum atomic E-state index is 11.1. The molecule has 1 atom stereocenters. The van der Waals surface area contributed by atoms with Gasteiger partial charge in [-0.05, 0) is 26.4 Å². The van der Waals surface area contributed by atoms with Crippen molar-refractivity contribution in [3.8, 4) is 0 Å². The van der Waals surface area contributed by atoms with Crippen LogP contribution in [0.2, 0.25) is 0 Å². The van der Waals surface area contributed by atoms with Gasteiger partial charge in [0.15, 0.2) is 0 Å². The lowest BCUT2D eigenvalue weighted by Gasteiger charge is -2.19. The summed E-state index contributed by atoms with van der Waals surface area (Å²) in [6, 6.07) is 0. The summed E-state index contributed by atoms with van der Waals surface area (Å²) in [6.45, 7) is 2.98. The molecule has 24 heavy (non-hydrogen) atoms. The largest absolute Gasteiger partial charge is 0.309 e. The Morgan fingerprint density at radius 3 is 1.58 bits per heavy atom. The Morgan fingerprint density at radius 1 is 0.792 bits per heavy atom. The van der Waals surface area contributed by atoms with Crippen molar-refractivity contribution < 1.29 is 13.0 Å². The molecule has 0 rings (SSSR count). The first-order chi connectivity index (χ1) is 11.3. The fourth-order valence-corrected chi connectivity index (χ4v) is 4.18. The Hall–Kier alpha value is -0.130. The third-order valence-corrected chi connectivity index (χ3v) is 5.43. The van der Waals surface area contributed by atoms with Gasteiger partial charge in [-0.3, -0.25) is 4.55 Å². The molecule has 0 heterocycles. The summed E-state index contributed by atoms with van der Waals surface area (Å²) >= 11 is 0. The molecule has 0 aliphatic heterocycles. The van der Waals surface area contributed by atoms with Crippen LogP contribution in [-0.4, -0.2) is 44.3 Å². The summed E-state index contributed by atoms with van der Waals surface area (Å²) in [5.41, 5.74) is 0. The van der Waals surface area contributed by atoms with Crippen molar-refractivity contribution in [1.82, 2.24) is 4.90 Å². The highest BCUT2D eigenvalue weighted by Crippen LogP contribution is 2.16. The SMILES string of the molecule is CCCCCCCCCCCCCCC(CN(C)C)CS(=O)(=O)O. The van der Waals surface area contributed by atoms with Crippen molar-refractivity contribution in [3.05, 3.63) is 0 Å². The molecule has 5 heteroatoms. The molecule has 0 aliphatic carbocycles. The maximum absolute atomic E-state index is 11.1. The van der Waals surface area contributed by atoms with Crippen LogP contribution >= 0.6 is 0 Å². The molecule has 0 aromatic heterocycles. The van der Waals surface area contributed by atoms with E-state index in [-0.39, 0.29) is 11.7 Å². The molecule has 0 aromatic carbocycles. The van der Waals surface area contributed by atoms with Crippen LogP contribution in [0.3, 0.4) is 0 Å². The highest BCUT2D eigenvalue weighted by molar-refractivity contribution is 7.85. The zero-order valence-corrected chi connectivity index (χ0v) is 17.1. The first kappa shape index (κ1) is 23.9. The van der Waals surface area contributed by atoms with Gasteiger partial charge in [0, 0.05) is 6.54 Å². The van der Waals surface area contributed by atoms with Crippen molar-refractivity contribution in [3.63, 3.8) is 0 Å². The van der Waals surface area contributed by atoms with Crippen molar-refractivity contribution in [1.29, 1.82) is 0 Å². The summed E-state index contributed by atoms with van der Waals surface area (Å²) in [7, 11) is 0.0255. The van der Waals surface area contributed by atoms with Gasteiger partial charge in [0.1, 0.15) is 0 Å². The summed E-state index contributed by atoms with van der Waals surface area (Å²) in [4.78, 5) is 2.00. The number of hydrogen-bond donors (Lipinski definition) is 1. The van der Waals surface area contributed by atoms with E-state index in [2.05, 4.69) is 6.92 Å². The zero-order chi connectivity index (χ0) is 18.3. The van der Waals surface area contributed by atoms with Crippen LogP contribution in [0.1, 0.15) is 90.4 Å². The van der Waals surface area contributed by atoms with Crippen LogP contribution in [0.25, 0.3) is 0 Å². The average molecular weight is 364 g/mol. The molecule has 146 valence electrons. The third kappa shape index (κ3) is 18.2. The summed E-state index contributed by atoms with van der Waals surface area (Å²) in [5.74, 6) is -0.0680. The summed E-state index contributed by atoms with van der Waals surface area (Å²) in [6.07, 6.45) is 16.6. The third-order valence-electron chi connectivity index (χ3n) is 4.54. The van der Waals surface area contributed by atoms with Gasteiger partial charge in [-0.25, -0.2) is 0 Å². The number of hydrogen-bond acceptors (Lipinski definition) is 3. The van der Waals surface area contributed by atoms with Crippen molar-refractivity contribution in [2.24, 2.45) is 5.92 Å². The van der Waals surface area contributed by atoms with Crippen LogP contribution in [-0.2, 0) is 10.1 Å². The molecular formula is C19H41NO3S. The van der Waals surface area contributed by atoms with Gasteiger partial charge in [0.25, 0.3) is 10.1 Å². The lowest BCUT2D eigenvalue weighted by Crippen LogP contribution is -2.27. The van der Waals surface area contributed by atoms with Gasteiger partial charge in [-0.1, -0.05) is 84.0 Å². The van der Waals surface area contributed by atoms with Gasteiger partial charge in [-0.15, -0.1) is 0 Å². The van der Waals surface area contributed by atoms with Crippen LogP contribution in [0.15, 0.2) is 0 Å². The highest BCUT2D eigenvalue weighted by atomic mass is 32.2. The molecule has 0 saturated carbocycles. The zero-order valence-electron chi connectivity index (χ0n) is 16.3. The molecular weight excluding hydrogens is 322 g/mol. The predicted molar refractivity (Wildman–Crippen MR) is 104 cm³/mol. The van der Waals surface area contributed by atoms with Crippen molar-refractivity contribution >= 4 is 10.1 Å². The van der Waals surface area contributed by atoms with Crippen molar-refractivity contribution in [2.45, 2.75) is 90.4 Å². The number of nitrogens with zero attached hydrogens (tertiary/aromatic N) is 1. The van der Waals surface area contributed by atoms with Gasteiger partial charge >= 0.3 is 0 Å². The van der Waals surface area contributed by atoms with Gasteiger partial charge in [0.2, 0.25) is 0 Å². The molecule has 0 aromatic rings. The van der Waals surface area contributed by atoms with Gasteiger partial charge in [0.05, 0.1) is 5.75 Å². The first-order valence-corrected chi connectivity index (χ1v) is 11.6. The second-order valence-corrected chi connectivity index (χ2v) is 9.05. The Labute approximate surface area is 151 Å². The monoisotopic (exact) mass is 363 g/mol. The van der Waals surface area contributed by atoms with E-state index in [9.17, 15) is 8.42 Å². The van der Waals surface area contributed by atoms with E-state index >= 15 is 0 Å². The van der Waals surface area contributed by atoms with E-state index in [1.54, 1.807) is 0 Å². The lowest BCUT2D eigenvalue weighted by molar-refractivity contribution is 0.317. The van der Waals surface area contributed by atoms with E-state index in [0.29, 0.717) is 0 Å². The smallest absolute Gasteiger partial charge is 0.265 e. The molecule has 0 radical (unpaired) electrons. The van der Waals surface area contributed by atoms with E-state index in [0.717, 1.165) is 19.4 Å². The molecule has 0 bridgehead atoms. The first-order valence-electron chi connectivity index (χ1n) is 9.95. The minimum absolute atomic E-state index is 0.0399. The fourth-order valence-electron chi connectivity index (χ4n) is 3.32. The van der Waals surface area contributed by atoms with E-state index in [1.807, 2.05) is 19.0 Å². The molecule has 0 amide bonds. The quantitative estimate of drug-likeness (QED) is 0.287. The molecule has 4 nitrogen and oxygen atoms in total. The molecule has 0 aliphatic rings. The summed E-state index contributed by atoms with van der Waals surface area (Å²) in [5, 5.41) is 0. The summed E-state index contributed by atoms with van der Waals surface area (Å²) < 4.78 is 31.2. The minimum atomic E-state index is -3.86. The van der Waals surface area contributed by atoms with Crippen LogP contribution in [0, 0.1) is 5.92 Å². The Morgan fingerprint density at radius 2 is 1.21 bits per heavy atom. The minimum Gasteiger partial charge on any atom is -0.309 e. The molecule has 0 fully saturated rings. The molecule has 0 saturated heterocycles. The second kappa shape index (κ2) is 15.2. The number of unbranched alkanes of at least 4 members (excludes halogenated alkanes) is 11. The van der Waals surface area contributed by atoms with Crippen molar-refractivity contribution in [2.75, 3.05) is 26.4 Å². The maximum Gasteiger partial charge on any atom is 0.265 e. The van der Waals surface area contributed by atoms with Gasteiger partial charge < -0.3 is 4.90 Å². The van der Waals surface area contributed by atoms with E-state index in [4.69, 9.17) is 4.55 Å². The predicted octanol–water partition coefficient (Wildman–Crippen LogP) is 5.14. The Kier molecular flexibility index (Phi) is 15.1. The lowest BCUT2D eigenvalue weighted by atomic mass is 10.0. The van der Waals surface area contributed by atoms with E-state index < -0.39 is 10.1 Å². The van der Waals surface area contributed by atoms with Gasteiger partial charge in [-0.2, -0.15) is 8.42 Å². The highest BCUT2D eigenvalue weighted by Gasteiger charge is 2.17. The molecule has 1 unspecified atom stereocenters. The van der Waals surface area contributed by atoms with E-state index in [1.165, 1.54) is 70.6 Å². The second-order valence-electron chi connectivity index (χ2n) is 7.55. The molecule has 1 N–H and O–H groups in total. The van der Waals surface area contributed by atoms with Crippen LogP contribution in [0.4, 0.5) is 0 Å². The Bertz CT molecular complexity index is 369. The van der Waals surface area contributed by atoms with Crippen LogP contribution in [0.5, 0.6) is 0 Å². The van der Waals surface area contributed by atoms with Crippen LogP contribution < -0.4 is 0 Å². The fraction of sp³-hybridized carbons (Fsp3) is 1.00. The molecule has 0 spiro atoms.